The maximum atomic E-state index is 12.3. The number of carbonyl (C=O) groups is 1. The van der Waals surface area contributed by atoms with E-state index in [-0.39, 0.29) is 24.0 Å². The first kappa shape index (κ1) is 15.2. The summed E-state index contributed by atoms with van der Waals surface area (Å²) >= 11 is 0. The molecule has 2 aliphatic carbocycles. The molecule has 0 saturated heterocycles. The highest BCUT2D eigenvalue weighted by atomic mass is 16.3. The van der Waals surface area contributed by atoms with Crippen LogP contribution < -0.4 is 5.32 Å². The third-order valence-electron chi connectivity index (χ3n) is 5.52. The molecule has 0 aliphatic heterocycles. The van der Waals surface area contributed by atoms with Crippen LogP contribution in [0.5, 0.6) is 11.5 Å². The Morgan fingerprint density at radius 3 is 2.09 bits per heavy atom. The first-order chi connectivity index (χ1) is 10.6. The van der Waals surface area contributed by atoms with Crippen molar-refractivity contribution in [3.63, 3.8) is 0 Å². The van der Waals surface area contributed by atoms with E-state index in [9.17, 15) is 15.0 Å². The Hall–Kier alpha value is -1.71. The monoisotopic (exact) mass is 303 g/mol. The molecular formula is C18H25NO3. The van der Waals surface area contributed by atoms with E-state index in [0.717, 1.165) is 11.8 Å². The molecule has 2 saturated carbocycles. The minimum atomic E-state index is 0.0230. The summed E-state index contributed by atoms with van der Waals surface area (Å²) in [5.41, 5.74) is 0.389. The average Bonchev–Trinajstić information content (AvgIpc) is 2.33. The fourth-order valence-electron chi connectivity index (χ4n) is 3.67. The molecule has 2 fully saturated rings. The van der Waals surface area contributed by atoms with Crippen LogP contribution in [0.1, 0.15) is 50.5 Å². The molecule has 120 valence electrons. The van der Waals surface area contributed by atoms with Crippen molar-refractivity contribution in [2.75, 3.05) is 0 Å². The number of benzene rings is 1. The van der Waals surface area contributed by atoms with Crippen molar-refractivity contribution >= 4 is 5.91 Å². The molecule has 1 aromatic rings. The van der Waals surface area contributed by atoms with Crippen LogP contribution in [0.25, 0.3) is 0 Å². The van der Waals surface area contributed by atoms with Gasteiger partial charge in [-0.3, -0.25) is 4.79 Å². The third-order valence-corrected chi connectivity index (χ3v) is 5.52. The molecule has 0 bridgehead atoms. The number of hydrogen-bond acceptors (Lipinski definition) is 3. The normalized spacial score (nSPS) is 18.8. The molecule has 3 N–H and O–H groups in total. The molecule has 0 unspecified atom stereocenters. The fraction of sp³-hybridized carbons (Fsp3) is 0.611. The van der Waals surface area contributed by atoms with Gasteiger partial charge in [-0.1, -0.05) is 44.6 Å². The van der Waals surface area contributed by atoms with Crippen molar-refractivity contribution in [3.05, 3.63) is 23.8 Å². The molecule has 1 aromatic carbocycles. The van der Waals surface area contributed by atoms with Crippen LogP contribution >= 0.6 is 0 Å². The van der Waals surface area contributed by atoms with E-state index in [2.05, 4.69) is 5.32 Å². The Kier molecular flexibility index (Phi) is 4.55. The van der Waals surface area contributed by atoms with Gasteiger partial charge in [0.2, 0.25) is 5.91 Å². The predicted octanol–water partition coefficient (Wildman–Crippen LogP) is 3.32. The van der Waals surface area contributed by atoms with Crippen molar-refractivity contribution in [1.29, 1.82) is 0 Å². The Bertz CT molecular complexity index is 501. The Morgan fingerprint density at radius 1 is 1.09 bits per heavy atom. The van der Waals surface area contributed by atoms with Crippen molar-refractivity contribution in [2.24, 2.45) is 17.8 Å². The van der Waals surface area contributed by atoms with Crippen LogP contribution in [-0.4, -0.2) is 16.1 Å². The SMILES string of the molecule is O=C(CC(C1CCC1)C1CCC1)NCc1c(O)cccc1O. The number of rotatable bonds is 6. The highest BCUT2D eigenvalue weighted by molar-refractivity contribution is 5.76. The summed E-state index contributed by atoms with van der Waals surface area (Å²) in [5.74, 6) is 2.07. The molecule has 0 radical (unpaired) electrons. The third kappa shape index (κ3) is 3.21. The zero-order chi connectivity index (χ0) is 15.5. The number of phenolic OH excluding ortho intramolecular Hbond substituents is 2. The van der Waals surface area contributed by atoms with Crippen LogP contribution in [0.15, 0.2) is 18.2 Å². The van der Waals surface area contributed by atoms with E-state index in [1.54, 1.807) is 6.07 Å². The molecule has 0 atom stereocenters. The van der Waals surface area contributed by atoms with E-state index >= 15 is 0 Å². The number of carbonyl (C=O) groups excluding carboxylic acids is 1. The van der Waals surface area contributed by atoms with Crippen molar-refractivity contribution in [3.8, 4) is 11.5 Å². The summed E-state index contributed by atoms with van der Waals surface area (Å²) in [6, 6.07) is 4.62. The van der Waals surface area contributed by atoms with Crippen LogP contribution in [0.3, 0.4) is 0 Å². The number of nitrogens with one attached hydrogen (secondary N) is 1. The first-order valence-corrected chi connectivity index (χ1v) is 8.41. The van der Waals surface area contributed by atoms with Gasteiger partial charge in [-0.25, -0.2) is 0 Å². The van der Waals surface area contributed by atoms with Crippen LogP contribution in [0, 0.1) is 17.8 Å². The van der Waals surface area contributed by atoms with Gasteiger partial charge in [0.1, 0.15) is 11.5 Å². The van der Waals surface area contributed by atoms with Gasteiger partial charge in [0.15, 0.2) is 0 Å². The molecule has 0 heterocycles. The first-order valence-electron chi connectivity index (χ1n) is 8.41. The number of phenols is 2. The molecule has 4 heteroatoms. The van der Waals surface area contributed by atoms with Gasteiger partial charge >= 0.3 is 0 Å². The molecule has 3 rings (SSSR count). The Balaban J connectivity index is 1.54. The summed E-state index contributed by atoms with van der Waals surface area (Å²) in [6.07, 6.45) is 8.29. The minimum Gasteiger partial charge on any atom is -0.507 e. The zero-order valence-corrected chi connectivity index (χ0v) is 12.9. The highest BCUT2D eigenvalue weighted by Gasteiger charge is 2.37. The summed E-state index contributed by atoms with van der Waals surface area (Å²) in [4.78, 5) is 12.3. The zero-order valence-electron chi connectivity index (χ0n) is 12.9. The van der Waals surface area contributed by atoms with Gasteiger partial charge in [0.25, 0.3) is 0 Å². The lowest BCUT2D eigenvalue weighted by molar-refractivity contribution is -0.124. The van der Waals surface area contributed by atoms with E-state index in [1.807, 2.05) is 0 Å². The summed E-state index contributed by atoms with van der Waals surface area (Å²) < 4.78 is 0. The Morgan fingerprint density at radius 2 is 1.64 bits per heavy atom. The average molecular weight is 303 g/mol. The summed E-state index contributed by atoms with van der Waals surface area (Å²) in [5, 5.41) is 22.3. The van der Waals surface area contributed by atoms with Gasteiger partial charge in [0, 0.05) is 6.42 Å². The quantitative estimate of drug-likeness (QED) is 0.755. The lowest BCUT2D eigenvalue weighted by Gasteiger charge is -2.42. The van der Waals surface area contributed by atoms with Crippen molar-refractivity contribution in [2.45, 2.75) is 51.5 Å². The largest absolute Gasteiger partial charge is 0.507 e. The molecule has 22 heavy (non-hydrogen) atoms. The lowest BCUT2D eigenvalue weighted by atomic mass is 9.63. The Labute approximate surface area is 131 Å². The maximum absolute atomic E-state index is 12.3. The van der Waals surface area contributed by atoms with Gasteiger partial charge in [0.05, 0.1) is 12.1 Å². The minimum absolute atomic E-state index is 0.0230. The van der Waals surface area contributed by atoms with Gasteiger partial charge < -0.3 is 15.5 Å². The highest BCUT2D eigenvalue weighted by Crippen LogP contribution is 2.45. The molecule has 0 spiro atoms. The topological polar surface area (TPSA) is 69.6 Å². The summed E-state index contributed by atoms with van der Waals surface area (Å²) in [7, 11) is 0. The number of amides is 1. The van der Waals surface area contributed by atoms with Gasteiger partial charge in [-0.15, -0.1) is 0 Å². The second kappa shape index (κ2) is 6.59. The molecule has 0 aromatic heterocycles. The second-order valence-electron chi connectivity index (χ2n) is 6.80. The molecule has 2 aliphatic rings. The van der Waals surface area contributed by atoms with Crippen LogP contribution in [0.2, 0.25) is 0 Å². The molecular weight excluding hydrogens is 278 g/mol. The van der Waals surface area contributed by atoms with E-state index in [4.69, 9.17) is 0 Å². The van der Waals surface area contributed by atoms with E-state index < -0.39 is 0 Å². The van der Waals surface area contributed by atoms with Gasteiger partial charge in [-0.2, -0.15) is 0 Å². The molecule has 4 nitrogen and oxygen atoms in total. The standard InChI is InChI=1S/C18H25NO3/c20-16-8-3-9-17(21)15(16)11-19-18(22)10-14(12-4-1-5-12)13-6-2-7-13/h3,8-9,12-14,20-21H,1-2,4-7,10-11H2,(H,19,22). The van der Waals surface area contributed by atoms with Gasteiger partial charge in [-0.05, 0) is 29.9 Å². The number of aromatic hydroxyl groups is 2. The molecule has 1 amide bonds. The van der Waals surface area contributed by atoms with Crippen LogP contribution in [0.4, 0.5) is 0 Å². The van der Waals surface area contributed by atoms with E-state index in [1.165, 1.54) is 50.7 Å². The van der Waals surface area contributed by atoms with E-state index in [0.29, 0.717) is 17.9 Å². The summed E-state index contributed by atoms with van der Waals surface area (Å²) in [6.45, 7) is 0.180. The smallest absolute Gasteiger partial charge is 0.220 e. The predicted molar refractivity (Wildman–Crippen MR) is 84.4 cm³/mol. The van der Waals surface area contributed by atoms with Crippen LogP contribution in [-0.2, 0) is 11.3 Å². The second-order valence-corrected chi connectivity index (χ2v) is 6.80. The van der Waals surface area contributed by atoms with Crippen molar-refractivity contribution < 1.29 is 15.0 Å². The van der Waals surface area contributed by atoms with Crippen molar-refractivity contribution in [1.82, 2.24) is 5.32 Å². The lowest BCUT2D eigenvalue weighted by Crippen LogP contribution is -2.36. The maximum Gasteiger partial charge on any atom is 0.220 e. The fourth-order valence-corrected chi connectivity index (χ4v) is 3.67. The number of hydrogen-bond donors (Lipinski definition) is 3.